The Kier molecular flexibility index (Phi) is 4.81. The van der Waals surface area contributed by atoms with Gasteiger partial charge in [-0.25, -0.2) is 4.98 Å². The van der Waals surface area contributed by atoms with Gasteiger partial charge in [0.15, 0.2) is 0 Å². The van der Waals surface area contributed by atoms with Crippen LogP contribution >= 0.6 is 28.3 Å². The van der Waals surface area contributed by atoms with E-state index in [-0.39, 0.29) is 18.4 Å². The molecule has 2 heterocycles. The zero-order valence-corrected chi connectivity index (χ0v) is 9.97. The molecular formula is C9H12BrClN2O. The van der Waals surface area contributed by atoms with Gasteiger partial charge >= 0.3 is 0 Å². The van der Waals surface area contributed by atoms with Crippen molar-refractivity contribution in [3.63, 3.8) is 0 Å². The molecule has 5 heteroatoms. The van der Waals surface area contributed by atoms with Gasteiger partial charge < -0.3 is 10.1 Å². The molecule has 0 unspecified atom stereocenters. The number of nitrogens with one attached hydrogen (secondary N) is 1. The maximum atomic E-state index is 5.36. The first-order chi connectivity index (χ1) is 6.36. The highest BCUT2D eigenvalue weighted by atomic mass is 79.9. The molecule has 1 saturated heterocycles. The third kappa shape index (κ3) is 2.92. The Morgan fingerprint density at radius 1 is 1.50 bits per heavy atom. The van der Waals surface area contributed by atoms with Gasteiger partial charge in [0.25, 0.3) is 0 Å². The molecule has 0 radical (unpaired) electrons. The first-order valence-electron chi connectivity index (χ1n) is 4.30. The Hall–Kier alpha value is -0.160. The molecule has 0 saturated carbocycles. The smallest absolute Gasteiger partial charge is 0.106 e. The van der Waals surface area contributed by atoms with Gasteiger partial charge in [0, 0.05) is 6.54 Å². The summed E-state index contributed by atoms with van der Waals surface area (Å²) in [6, 6.07) is 6.17. The second kappa shape index (κ2) is 5.66. The fraction of sp³-hybridized carbons (Fsp3) is 0.444. The van der Waals surface area contributed by atoms with Crippen molar-refractivity contribution in [2.75, 3.05) is 19.8 Å². The molecule has 1 atom stereocenters. The minimum absolute atomic E-state index is 0. The van der Waals surface area contributed by atoms with Crippen LogP contribution in [-0.4, -0.2) is 24.7 Å². The lowest BCUT2D eigenvalue weighted by Crippen LogP contribution is -2.35. The number of pyridine rings is 1. The lowest BCUT2D eigenvalue weighted by atomic mass is 10.2. The largest absolute Gasteiger partial charge is 0.378 e. The van der Waals surface area contributed by atoms with Crippen LogP contribution in [0.3, 0.4) is 0 Å². The van der Waals surface area contributed by atoms with Crippen molar-refractivity contribution in [2.45, 2.75) is 6.04 Å². The van der Waals surface area contributed by atoms with Crippen LogP contribution in [0.5, 0.6) is 0 Å². The van der Waals surface area contributed by atoms with Gasteiger partial charge in [-0.1, -0.05) is 6.07 Å². The van der Waals surface area contributed by atoms with Crippen LogP contribution in [0.1, 0.15) is 11.7 Å². The molecule has 0 aromatic carbocycles. The predicted octanol–water partition coefficient (Wildman–Crippen LogP) is 1.93. The van der Waals surface area contributed by atoms with Gasteiger partial charge in [0.2, 0.25) is 0 Å². The summed E-state index contributed by atoms with van der Waals surface area (Å²) in [5, 5.41) is 3.35. The van der Waals surface area contributed by atoms with E-state index >= 15 is 0 Å². The fourth-order valence-corrected chi connectivity index (χ4v) is 1.73. The van der Waals surface area contributed by atoms with Crippen LogP contribution in [-0.2, 0) is 4.74 Å². The molecular weight excluding hydrogens is 267 g/mol. The maximum Gasteiger partial charge on any atom is 0.106 e. The highest BCUT2D eigenvalue weighted by molar-refractivity contribution is 9.10. The Labute approximate surface area is 97.8 Å². The number of nitrogens with zero attached hydrogens (tertiary/aromatic N) is 1. The van der Waals surface area contributed by atoms with Gasteiger partial charge in [-0.15, -0.1) is 12.4 Å². The summed E-state index contributed by atoms with van der Waals surface area (Å²) in [6.45, 7) is 2.41. The predicted molar refractivity (Wildman–Crippen MR) is 60.7 cm³/mol. The molecule has 14 heavy (non-hydrogen) atoms. The van der Waals surface area contributed by atoms with Crippen LogP contribution in [0.15, 0.2) is 22.8 Å². The van der Waals surface area contributed by atoms with Crippen molar-refractivity contribution in [1.82, 2.24) is 10.3 Å². The summed E-state index contributed by atoms with van der Waals surface area (Å²) in [4.78, 5) is 4.37. The van der Waals surface area contributed by atoms with E-state index in [0.717, 1.165) is 23.4 Å². The van der Waals surface area contributed by atoms with Crippen molar-refractivity contribution in [3.05, 3.63) is 28.5 Å². The van der Waals surface area contributed by atoms with Crippen LogP contribution in [0.4, 0.5) is 0 Å². The fourth-order valence-electron chi connectivity index (χ4n) is 1.37. The molecule has 0 spiro atoms. The van der Waals surface area contributed by atoms with E-state index in [9.17, 15) is 0 Å². The maximum absolute atomic E-state index is 5.36. The monoisotopic (exact) mass is 278 g/mol. The molecule has 1 N–H and O–H groups in total. The Bertz CT molecular complexity index is 292. The van der Waals surface area contributed by atoms with Crippen molar-refractivity contribution < 1.29 is 4.74 Å². The van der Waals surface area contributed by atoms with Crippen LogP contribution in [0, 0.1) is 0 Å². The molecule has 78 valence electrons. The number of aromatic nitrogens is 1. The van der Waals surface area contributed by atoms with E-state index in [1.807, 2.05) is 18.2 Å². The van der Waals surface area contributed by atoms with E-state index in [0.29, 0.717) is 6.61 Å². The Morgan fingerprint density at radius 3 is 3.00 bits per heavy atom. The number of rotatable bonds is 1. The summed E-state index contributed by atoms with van der Waals surface area (Å²) in [5.41, 5.74) is 1.04. The Balaban J connectivity index is 0.000000980. The Morgan fingerprint density at radius 2 is 2.36 bits per heavy atom. The molecule has 1 aromatic heterocycles. The molecule has 3 nitrogen and oxygen atoms in total. The van der Waals surface area contributed by atoms with E-state index in [1.54, 1.807) is 0 Å². The number of hydrogen-bond acceptors (Lipinski definition) is 3. The van der Waals surface area contributed by atoms with Crippen molar-refractivity contribution >= 4 is 28.3 Å². The van der Waals surface area contributed by atoms with Gasteiger partial charge in [-0.2, -0.15) is 0 Å². The minimum Gasteiger partial charge on any atom is -0.378 e. The molecule has 1 aliphatic rings. The minimum atomic E-state index is 0. The summed E-state index contributed by atoms with van der Waals surface area (Å²) in [6.07, 6.45) is 0. The van der Waals surface area contributed by atoms with E-state index in [1.165, 1.54) is 0 Å². The van der Waals surface area contributed by atoms with Crippen LogP contribution in [0.2, 0.25) is 0 Å². The highest BCUT2D eigenvalue weighted by Gasteiger charge is 2.15. The zero-order valence-electron chi connectivity index (χ0n) is 7.57. The second-order valence-electron chi connectivity index (χ2n) is 2.97. The van der Waals surface area contributed by atoms with Gasteiger partial charge in [0.1, 0.15) is 4.60 Å². The van der Waals surface area contributed by atoms with E-state index in [2.05, 4.69) is 26.2 Å². The third-order valence-electron chi connectivity index (χ3n) is 2.02. The molecule has 2 rings (SSSR count). The van der Waals surface area contributed by atoms with Crippen LogP contribution in [0.25, 0.3) is 0 Å². The topological polar surface area (TPSA) is 34.1 Å². The van der Waals surface area contributed by atoms with Crippen molar-refractivity contribution in [2.24, 2.45) is 0 Å². The number of halogens is 2. The van der Waals surface area contributed by atoms with Gasteiger partial charge in [-0.3, -0.25) is 0 Å². The highest BCUT2D eigenvalue weighted by Crippen LogP contribution is 2.15. The number of ether oxygens (including phenoxy) is 1. The molecule has 1 fully saturated rings. The normalized spacial score (nSPS) is 21.4. The zero-order chi connectivity index (χ0) is 9.10. The summed E-state index contributed by atoms with van der Waals surface area (Å²) >= 11 is 3.35. The summed E-state index contributed by atoms with van der Waals surface area (Å²) in [5.74, 6) is 0. The molecule has 0 amide bonds. The van der Waals surface area contributed by atoms with E-state index < -0.39 is 0 Å². The van der Waals surface area contributed by atoms with Gasteiger partial charge in [-0.05, 0) is 28.1 Å². The quantitative estimate of drug-likeness (QED) is 0.798. The summed E-state index contributed by atoms with van der Waals surface area (Å²) in [7, 11) is 0. The molecule has 1 aliphatic heterocycles. The molecule has 0 aliphatic carbocycles. The average Bonchev–Trinajstić information content (AvgIpc) is 2.19. The summed E-state index contributed by atoms with van der Waals surface area (Å²) < 4.78 is 6.23. The van der Waals surface area contributed by atoms with E-state index in [4.69, 9.17) is 4.74 Å². The molecule has 0 bridgehead atoms. The SMILES string of the molecule is Brc1cccc([C@@H]2COCCN2)n1.Cl. The number of hydrogen-bond donors (Lipinski definition) is 1. The molecule has 1 aromatic rings. The average molecular weight is 280 g/mol. The lowest BCUT2D eigenvalue weighted by molar-refractivity contribution is 0.0756. The van der Waals surface area contributed by atoms with Crippen LogP contribution < -0.4 is 5.32 Å². The third-order valence-corrected chi connectivity index (χ3v) is 2.46. The van der Waals surface area contributed by atoms with Gasteiger partial charge in [0.05, 0.1) is 24.9 Å². The second-order valence-corrected chi connectivity index (χ2v) is 3.78. The first kappa shape index (κ1) is 11.9. The lowest BCUT2D eigenvalue weighted by Gasteiger charge is -2.23. The standard InChI is InChI=1S/C9H11BrN2O.ClH/c10-9-3-1-2-7(12-9)8-6-13-5-4-11-8;/h1-3,8,11H,4-6H2;1H/t8-;/m0./s1. The first-order valence-corrected chi connectivity index (χ1v) is 5.09. The van der Waals surface area contributed by atoms with Crippen molar-refractivity contribution in [3.8, 4) is 0 Å². The van der Waals surface area contributed by atoms with Crippen molar-refractivity contribution in [1.29, 1.82) is 0 Å². The number of morpholine rings is 1.